The Morgan fingerprint density at radius 3 is 3.55 bits per heavy atom. The van der Waals surface area contributed by atoms with Crippen molar-refractivity contribution in [2.75, 3.05) is 0 Å². The maximum absolute atomic E-state index is 4.83. The molecule has 0 atom stereocenters. The molecule has 0 N–H and O–H groups in total. The molecule has 0 aliphatic rings. The van der Waals surface area contributed by atoms with Crippen LogP contribution < -0.4 is 0 Å². The molecule has 0 saturated heterocycles. The van der Waals surface area contributed by atoms with Gasteiger partial charge in [0.05, 0.1) is 5.52 Å². The Morgan fingerprint density at radius 1 is 1.55 bits per heavy atom. The lowest BCUT2D eigenvalue weighted by Crippen LogP contribution is -1.65. The second-order valence-corrected chi connectivity index (χ2v) is 3.35. The summed E-state index contributed by atoms with van der Waals surface area (Å²) in [6.45, 7) is 0. The number of hydrogen-bond donors (Lipinski definition) is 0. The predicted molar refractivity (Wildman–Crippen MR) is 42.8 cm³/mol. The molecule has 54 valence electrons. The van der Waals surface area contributed by atoms with Crippen molar-refractivity contribution in [1.29, 1.82) is 0 Å². The lowest BCUT2D eigenvalue weighted by atomic mass is 10.4. The zero-order chi connectivity index (χ0) is 7.26. The van der Waals surface area contributed by atoms with Crippen LogP contribution in [-0.2, 0) is 0 Å². The van der Waals surface area contributed by atoms with E-state index in [4.69, 9.17) is 4.52 Å². The van der Waals surface area contributed by atoms with Crippen LogP contribution in [0, 0.1) is 0 Å². The normalized spacial score (nSPS) is 11.6. The highest BCUT2D eigenvalue weighted by Gasteiger charge is 2.06. The minimum Gasteiger partial charge on any atom is -0.362 e. The largest absolute Gasteiger partial charge is 0.362 e. The van der Waals surface area contributed by atoms with Crippen molar-refractivity contribution in [3.8, 4) is 0 Å². The van der Waals surface area contributed by atoms with Gasteiger partial charge in [-0.1, -0.05) is 5.16 Å². The standard InChI is InChI=1S/C7H4N2OS/c1-2-5-7-6(4-10-8-7)11-9(5)3-1/h1-4H. The van der Waals surface area contributed by atoms with E-state index < -0.39 is 0 Å². The average Bonchev–Trinajstić information content (AvgIpc) is 2.52. The van der Waals surface area contributed by atoms with E-state index in [0.29, 0.717) is 0 Å². The van der Waals surface area contributed by atoms with Gasteiger partial charge in [0, 0.05) is 6.20 Å². The maximum Gasteiger partial charge on any atom is 0.150 e. The number of nitrogens with zero attached hydrogens (tertiary/aromatic N) is 2. The van der Waals surface area contributed by atoms with E-state index in [1.807, 2.05) is 18.3 Å². The second kappa shape index (κ2) is 1.65. The van der Waals surface area contributed by atoms with Crippen LogP contribution in [0.3, 0.4) is 0 Å². The van der Waals surface area contributed by atoms with E-state index in [1.165, 1.54) is 0 Å². The lowest BCUT2D eigenvalue weighted by Gasteiger charge is -1.76. The van der Waals surface area contributed by atoms with Gasteiger partial charge in [-0.15, -0.1) is 0 Å². The Hall–Kier alpha value is -1.29. The molecule has 0 radical (unpaired) electrons. The first-order valence-electron chi connectivity index (χ1n) is 3.25. The molecule has 0 bridgehead atoms. The Morgan fingerprint density at radius 2 is 2.55 bits per heavy atom. The van der Waals surface area contributed by atoms with Crippen LogP contribution in [0.15, 0.2) is 29.1 Å². The number of rotatable bonds is 0. The summed E-state index contributed by atoms with van der Waals surface area (Å²) >= 11 is 1.64. The Kier molecular flexibility index (Phi) is 0.806. The van der Waals surface area contributed by atoms with Crippen molar-refractivity contribution in [2.24, 2.45) is 0 Å². The summed E-state index contributed by atoms with van der Waals surface area (Å²) in [7, 11) is 0. The minimum atomic E-state index is 0.958. The fourth-order valence-electron chi connectivity index (χ4n) is 1.20. The fraction of sp³-hybridized carbons (Fsp3) is 0. The van der Waals surface area contributed by atoms with Gasteiger partial charge in [0.25, 0.3) is 0 Å². The van der Waals surface area contributed by atoms with Crippen LogP contribution in [0.1, 0.15) is 0 Å². The first-order chi connectivity index (χ1) is 5.45. The van der Waals surface area contributed by atoms with Gasteiger partial charge in [0.2, 0.25) is 0 Å². The number of hydrogen-bond acceptors (Lipinski definition) is 3. The Balaban J connectivity index is 2.75. The molecule has 3 aromatic heterocycles. The lowest BCUT2D eigenvalue weighted by molar-refractivity contribution is 0.428. The van der Waals surface area contributed by atoms with E-state index in [9.17, 15) is 0 Å². The maximum atomic E-state index is 4.83. The van der Waals surface area contributed by atoms with Gasteiger partial charge in [0.15, 0.2) is 0 Å². The van der Waals surface area contributed by atoms with Crippen molar-refractivity contribution >= 4 is 27.3 Å². The second-order valence-electron chi connectivity index (χ2n) is 2.34. The third-order valence-corrected chi connectivity index (χ3v) is 2.69. The Bertz CT molecular complexity index is 459. The van der Waals surface area contributed by atoms with Crippen molar-refractivity contribution < 1.29 is 4.52 Å². The van der Waals surface area contributed by atoms with Gasteiger partial charge in [-0.25, -0.2) is 0 Å². The van der Waals surface area contributed by atoms with Gasteiger partial charge in [-0.2, -0.15) is 0 Å². The molecule has 0 aliphatic carbocycles. The van der Waals surface area contributed by atoms with Crippen molar-refractivity contribution in [1.82, 2.24) is 8.95 Å². The number of fused-ring (bicyclic) bond motifs is 3. The van der Waals surface area contributed by atoms with E-state index in [0.717, 1.165) is 15.7 Å². The van der Waals surface area contributed by atoms with Crippen LogP contribution in [0.2, 0.25) is 0 Å². The first-order valence-corrected chi connectivity index (χ1v) is 4.03. The van der Waals surface area contributed by atoms with Gasteiger partial charge >= 0.3 is 0 Å². The van der Waals surface area contributed by atoms with Crippen LogP contribution in [0.5, 0.6) is 0 Å². The van der Waals surface area contributed by atoms with E-state index in [2.05, 4.69) is 8.95 Å². The summed E-state index contributed by atoms with van der Waals surface area (Å²) in [6, 6.07) is 4.03. The molecule has 3 nitrogen and oxygen atoms in total. The molecule has 0 saturated carbocycles. The summed E-state index contributed by atoms with van der Waals surface area (Å²) in [5.74, 6) is 0. The predicted octanol–water partition coefficient (Wildman–Crippen LogP) is 2.14. The van der Waals surface area contributed by atoms with Crippen molar-refractivity contribution in [3.63, 3.8) is 0 Å². The quantitative estimate of drug-likeness (QED) is 0.509. The third-order valence-electron chi connectivity index (χ3n) is 1.69. The van der Waals surface area contributed by atoms with Crippen molar-refractivity contribution in [2.45, 2.75) is 0 Å². The summed E-state index contributed by atoms with van der Waals surface area (Å²) in [6.07, 6.45) is 3.69. The number of aromatic nitrogens is 2. The molecule has 3 aromatic rings. The van der Waals surface area contributed by atoms with Crippen LogP contribution >= 0.6 is 11.5 Å². The minimum absolute atomic E-state index is 0.958. The monoisotopic (exact) mass is 164 g/mol. The molecule has 0 amide bonds. The molecule has 0 fully saturated rings. The topological polar surface area (TPSA) is 30.4 Å². The van der Waals surface area contributed by atoms with Crippen LogP contribution in [0.4, 0.5) is 0 Å². The molecule has 3 rings (SSSR count). The van der Waals surface area contributed by atoms with Gasteiger partial charge in [-0.3, -0.25) is 3.79 Å². The fourth-order valence-corrected chi connectivity index (χ4v) is 2.10. The van der Waals surface area contributed by atoms with E-state index in [-0.39, 0.29) is 0 Å². The molecular weight excluding hydrogens is 160 g/mol. The highest BCUT2D eigenvalue weighted by Crippen LogP contribution is 2.25. The first kappa shape index (κ1) is 5.37. The Labute approximate surface area is 66.0 Å². The van der Waals surface area contributed by atoms with Gasteiger partial charge < -0.3 is 4.52 Å². The molecule has 0 aromatic carbocycles. The van der Waals surface area contributed by atoms with Crippen molar-refractivity contribution in [3.05, 3.63) is 24.6 Å². The molecule has 4 heteroatoms. The summed E-state index contributed by atoms with van der Waals surface area (Å²) < 4.78 is 8.00. The highest BCUT2D eigenvalue weighted by atomic mass is 32.1. The summed E-state index contributed by atoms with van der Waals surface area (Å²) in [4.78, 5) is 0. The highest BCUT2D eigenvalue weighted by molar-refractivity contribution is 7.14. The van der Waals surface area contributed by atoms with Crippen LogP contribution in [-0.4, -0.2) is 8.95 Å². The molecular formula is C7H4N2OS. The molecule has 0 spiro atoms. The van der Waals surface area contributed by atoms with E-state index in [1.54, 1.807) is 17.8 Å². The van der Waals surface area contributed by atoms with Gasteiger partial charge in [-0.05, 0) is 23.7 Å². The zero-order valence-electron chi connectivity index (χ0n) is 5.52. The molecule has 11 heavy (non-hydrogen) atoms. The molecule has 0 aliphatic heterocycles. The average molecular weight is 164 g/mol. The SMILES string of the molecule is c1cc2c3nocc3sn2c1. The van der Waals surface area contributed by atoms with Gasteiger partial charge in [0.1, 0.15) is 16.5 Å². The summed E-state index contributed by atoms with van der Waals surface area (Å²) in [5.41, 5.74) is 2.08. The van der Waals surface area contributed by atoms with E-state index >= 15 is 0 Å². The third kappa shape index (κ3) is 0.550. The van der Waals surface area contributed by atoms with Crippen LogP contribution in [0.25, 0.3) is 15.7 Å². The molecule has 0 unspecified atom stereocenters. The summed E-state index contributed by atoms with van der Waals surface area (Å²) in [5, 5.41) is 3.89. The molecule has 3 heterocycles. The smallest absolute Gasteiger partial charge is 0.150 e. The zero-order valence-corrected chi connectivity index (χ0v) is 6.34.